The molecule has 0 N–H and O–H groups in total. The van der Waals surface area contributed by atoms with Gasteiger partial charge in [-0.2, -0.15) is 0 Å². The van der Waals surface area contributed by atoms with Gasteiger partial charge in [-0.3, -0.25) is 0 Å². The summed E-state index contributed by atoms with van der Waals surface area (Å²) < 4.78 is 11.1. The number of allylic oxidation sites excluding steroid dienone is 2. The minimum absolute atomic E-state index is 0.328. The molecule has 1 aliphatic heterocycles. The van der Waals surface area contributed by atoms with Gasteiger partial charge in [0.1, 0.15) is 18.5 Å². The average Bonchev–Trinajstić information content (AvgIpc) is 3.36. The maximum atomic E-state index is 5.86. The molecule has 1 aliphatic rings. The number of rotatable bonds is 12. The summed E-state index contributed by atoms with van der Waals surface area (Å²) in [6, 6.07) is 8.43. The van der Waals surface area contributed by atoms with E-state index in [2.05, 4.69) is 43.3 Å². The van der Waals surface area contributed by atoms with Gasteiger partial charge in [0, 0.05) is 0 Å². The minimum Gasteiger partial charge on any atom is -0.491 e. The van der Waals surface area contributed by atoms with Gasteiger partial charge in [-0.15, -0.1) is 0 Å². The van der Waals surface area contributed by atoms with Crippen molar-refractivity contribution in [3.05, 3.63) is 42.0 Å². The van der Waals surface area contributed by atoms with Gasteiger partial charge in [0.2, 0.25) is 0 Å². The molecule has 1 heterocycles. The van der Waals surface area contributed by atoms with E-state index in [0.29, 0.717) is 12.7 Å². The fraction of sp³-hybridized carbons (Fsp3) is 0.600. The Morgan fingerprint density at radius 1 is 1.09 bits per heavy atom. The molecule has 2 nitrogen and oxygen atoms in total. The Kier molecular flexibility index (Phi) is 8.11. The minimum atomic E-state index is 0.328. The standard InChI is InChI=1S/C20H30O2/c1-2-3-4-5-6-7-8-9-10-13-18-14-11-12-15-20(18)22-17-19-16-21-19/h4-5,11-12,14-15,19H,2-3,6-10,13,16-17H2,1H3/b5-4+. The summed E-state index contributed by atoms with van der Waals surface area (Å²) in [7, 11) is 0. The van der Waals surface area contributed by atoms with Crippen LogP contribution in [-0.2, 0) is 11.2 Å². The normalized spacial score (nSPS) is 17.0. The van der Waals surface area contributed by atoms with Crippen LogP contribution in [0, 0.1) is 0 Å². The molecule has 1 saturated heterocycles. The largest absolute Gasteiger partial charge is 0.491 e. The van der Waals surface area contributed by atoms with Crippen molar-refractivity contribution in [1.29, 1.82) is 0 Å². The molecule has 1 atom stereocenters. The first-order valence-electron chi connectivity index (χ1n) is 8.87. The number of aryl methyl sites for hydroxylation is 1. The van der Waals surface area contributed by atoms with Crippen molar-refractivity contribution < 1.29 is 9.47 Å². The first-order chi connectivity index (χ1) is 10.9. The van der Waals surface area contributed by atoms with Gasteiger partial charge in [0.15, 0.2) is 0 Å². The molecular formula is C20H30O2. The van der Waals surface area contributed by atoms with Crippen molar-refractivity contribution >= 4 is 0 Å². The third-order valence-electron chi connectivity index (χ3n) is 3.99. The Morgan fingerprint density at radius 2 is 1.86 bits per heavy atom. The number of hydrogen-bond acceptors (Lipinski definition) is 2. The maximum Gasteiger partial charge on any atom is 0.122 e. The number of ether oxygens (including phenoxy) is 2. The number of epoxide rings is 1. The second kappa shape index (κ2) is 10.4. The van der Waals surface area contributed by atoms with Gasteiger partial charge in [-0.25, -0.2) is 0 Å². The molecule has 1 fully saturated rings. The van der Waals surface area contributed by atoms with Crippen LogP contribution in [0.25, 0.3) is 0 Å². The lowest BCUT2D eigenvalue weighted by atomic mass is 10.0. The molecule has 2 heteroatoms. The van der Waals surface area contributed by atoms with Gasteiger partial charge >= 0.3 is 0 Å². The second-order valence-electron chi connectivity index (χ2n) is 6.09. The first kappa shape index (κ1) is 17.1. The summed E-state index contributed by atoms with van der Waals surface area (Å²) in [5, 5.41) is 0. The van der Waals surface area contributed by atoms with E-state index in [1.165, 1.54) is 50.5 Å². The zero-order valence-electron chi connectivity index (χ0n) is 13.9. The van der Waals surface area contributed by atoms with Crippen LogP contribution in [0.5, 0.6) is 5.75 Å². The number of para-hydroxylation sites is 1. The van der Waals surface area contributed by atoms with Gasteiger partial charge in [0.25, 0.3) is 0 Å². The summed E-state index contributed by atoms with van der Waals surface area (Å²) >= 11 is 0. The number of benzene rings is 1. The molecular weight excluding hydrogens is 272 g/mol. The second-order valence-corrected chi connectivity index (χ2v) is 6.09. The highest BCUT2D eigenvalue weighted by Crippen LogP contribution is 2.22. The Hall–Kier alpha value is -1.28. The van der Waals surface area contributed by atoms with Crippen LogP contribution in [0.3, 0.4) is 0 Å². The quantitative estimate of drug-likeness (QED) is 0.296. The van der Waals surface area contributed by atoms with Gasteiger partial charge in [-0.05, 0) is 43.7 Å². The Labute approximate surface area is 135 Å². The number of unbranched alkanes of at least 4 members (excludes halogenated alkanes) is 5. The van der Waals surface area contributed by atoms with Crippen LogP contribution in [0.2, 0.25) is 0 Å². The lowest BCUT2D eigenvalue weighted by molar-refractivity contribution is 0.261. The topological polar surface area (TPSA) is 21.8 Å². The Balaban J connectivity index is 1.58. The lowest BCUT2D eigenvalue weighted by Crippen LogP contribution is -2.05. The summed E-state index contributed by atoms with van der Waals surface area (Å²) in [6.07, 6.45) is 15.0. The monoisotopic (exact) mass is 302 g/mol. The Bertz CT molecular complexity index is 435. The first-order valence-corrected chi connectivity index (χ1v) is 8.87. The van der Waals surface area contributed by atoms with Crippen LogP contribution in [-0.4, -0.2) is 19.3 Å². The Morgan fingerprint density at radius 3 is 2.68 bits per heavy atom. The smallest absolute Gasteiger partial charge is 0.122 e. The highest BCUT2D eigenvalue weighted by atomic mass is 16.6. The van der Waals surface area contributed by atoms with Crippen molar-refractivity contribution in [3.8, 4) is 5.75 Å². The summed E-state index contributed by atoms with van der Waals surface area (Å²) in [6.45, 7) is 3.78. The van der Waals surface area contributed by atoms with E-state index in [1.807, 2.05) is 0 Å². The highest BCUT2D eigenvalue weighted by molar-refractivity contribution is 5.33. The molecule has 0 amide bonds. The van der Waals surface area contributed by atoms with Gasteiger partial charge in [0.05, 0.1) is 6.61 Å². The zero-order chi connectivity index (χ0) is 15.5. The van der Waals surface area contributed by atoms with Gasteiger partial charge < -0.3 is 9.47 Å². The van der Waals surface area contributed by atoms with Crippen molar-refractivity contribution in [3.63, 3.8) is 0 Å². The molecule has 22 heavy (non-hydrogen) atoms. The fourth-order valence-corrected chi connectivity index (χ4v) is 2.53. The van der Waals surface area contributed by atoms with E-state index in [0.717, 1.165) is 18.8 Å². The molecule has 122 valence electrons. The van der Waals surface area contributed by atoms with E-state index in [-0.39, 0.29) is 0 Å². The molecule has 1 unspecified atom stereocenters. The molecule has 0 spiro atoms. The van der Waals surface area contributed by atoms with E-state index < -0.39 is 0 Å². The third-order valence-corrected chi connectivity index (χ3v) is 3.99. The molecule has 1 aromatic rings. The van der Waals surface area contributed by atoms with Crippen LogP contribution < -0.4 is 4.74 Å². The molecule has 0 saturated carbocycles. The van der Waals surface area contributed by atoms with E-state index in [4.69, 9.17) is 9.47 Å². The fourth-order valence-electron chi connectivity index (χ4n) is 2.53. The molecule has 0 aliphatic carbocycles. The average molecular weight is 302 g/mol. The lowest BCUT2D eigenvalue weighted by Gasteiger charge is -2.10. The van der Waals surface area contributed by atoms with Crippen molar-refractivity contribution in [2.45, 2.75) is 64.4 Å². The van der Waals surface area contributed by atoms with Crippen LogP contribution in [0.15, 0.2) is 36.4 Å². The van der Waals surface area contributed by atoms with Crippen LogP contribution >= 0.6 is 0 Å². The number of hydrogen-bond donors (Lipinski definition) is 0. The predicted octanol–water partition coefficient (Wildman–Crippen LogP) is 5.31. The molecule has 0 aromatic heterocycles. The van der Waals surface area contributed by atoms with Gasteiger partial charge in [-0.1, -0.05) is 56.5 Å². The SMILES string of the molecule is CCC/C=C/CCCCCCc1ccccc1OCC1CO1. The van der Waals surface area contributed by atoms with Crippen LogP contribution in [0.1, 0.15) is 57.4 Å². The summed E-state index contributed by atoms with van der Waals surface area (Å²) in [5.74, 6) is 1.04. The van der Waals surface area contributed by atoms with Crippen LogP contribution in [0.4, 0.5) is 0 Å². The highest BCUT2D eigenvalue weighted by Gasteiger charge is 2.23. The van der Waals surface area contributed by atoms with Crippen molar-refractivity contribution in [1.82, 2.24) is 0 Å². The molecule has 2 rings (SSSR count). The third kappa shape index (κ3) is 7.13. The molecule has 0 radical (unpaired) electrons. The molecule has 1 aromatic carbocycles. The zero-order valence-corrected chi connectivity index (χ0v) is 13.9. The predicted molar refractivity (Wildman–Crippen MR) is 92.5 cm³/mol. The maximum absolute atomic E-state index is 5.86. The summed E-state index contributed by atoms with van der Waals surface area (Å²) in [5.41, 5.74) is 1.34. The summed E-state index contributed by atoms with van der Waals surface area (Å²) in [4.78, 5) is 0. The molecule has 0 bridgehead atoms. The van der Waals surface area contributed by atoms with E-state index in [9.17, 15) is 0 Å². The van der Waals surface area contributed by atoms with Crippen molar-refractivity contribution in [2.24, 2.45) is 0 Å². The van der Waals surface area contributed by atoms with E-state index >= 15 is 0 Å². The van der Waals surface area contributed by atoms with Crippen molar-refractivity contribution in [2.75, 3.05) is 13.2 Å². The van der Waals surface area contributed by atoms with E-state index in [1.54, 1.807) is 0 Å².